The maximum Gasteiger partial charge on any atom is 0.260 e. The van der Waals surface area contributed by atoms with Crippen LogP contribution in [-0.4, -0.2) is 18.1 Å². The van der Waals surface area contributed by atoms with Gasteiger partial charge < -0.3 is 15.8 Å². The molecule has 0 saturated heterocycles. The molecule has 3 atom stereocenters. The van der Waals surface area contributed by atoms with Crippen molar-refractivity contribution in [2.45, 2.75) is 59.2 Å². The zero-order valence-electron chi connectivity index (χ0n) is 13.1. The fraction of sp³-hybridized carbons (Fsp3) is 0.562. The molecule has 0 aliphatic rings. The Labute approximate surface area is 121 Å². The van der Waals surface area contributed by atoms with Crippen LogP contribution in [0.15, 0.2) is 18.2 Å². The lowest BCUT2D eigenvalue weighted by Gasteiger charge is -2.20. The summed E-state index contributed by atoms with van der Waals surface area (Å²) < 4.78 is 5.80. The molecule has 1 aromatic rings. The van der Waals surface area contributed by atoms with E-state index < -0.39 is 6.10 Å². The number of hydrogen-bond acceptors (Lipinski definition) is 3. The van der Waals surface area contributed by atoms with Gasteiger partial charge in [-0.1, -0.05) is 19.1 Å². The predicted octanol–water partition coefficient (Wildman–Crippen LogP) is 2.70. The zero-order chi connectivity index (χ0) is 15.3. The molecule has 1 aromatic carbocycles. The van der Waals surface area contributed by atoms with E-state index in [0.29, 0.717) is 5.75 Å². The maximum atomic E-state index is 12.0. The smallest absolute Gasteiger partial charge is 0.260 e. The van der Waals surface area contributed by atoms with Crippen molar-refractivity contribution < 1.29 is 9.53 Å². The van der Waals surface area contributed by atoms with Crippen molar-refractivity contribution in [1.82, 2.24) is 5.32 Å². The Hall–Kier alpha value is -1.55. The van der Waals surface area contributed by atoms with E-state index in [0.717, 1.165) is 17.5 Å². The Morgan fingerprint density at radius 3 is 2.55 bits per heavy atom. The largest absolute Gasteiger partial charge is 0.481 e. The van der Waals surface area contributed by atoms with Crippen molar-refractivity contribution in [1.29, 1.82) is 0 Å². The molecule has 0 bridgehead atoms. The number of hydrogen-bond donors (Lipinski definition) is 2. The first-order chi connectivity index (χ1) is 9.35. The third-order valence-corrected chi connectivity index (χ3v) is 3.33. The van der Waals surface area contributed by atoms with Crippen LogP contribution < -0.4 is 15.8 Å². The minimum atomic E-state index is -0.539. The van der Waals surface area contributed by atoms with Crippen LogP contribution in [0.1, 0.15) is 51.3 Å². The van der Waals surface area contributed by atoms with Gasteiger partial charge in [0.1, 0.15) is 5.75 Å². The first-order valence-corrected chi connectivity index (χ1v) is 7.18. The summed E-state index contributed by atoms with van der Waals surface area (Å²) in [5.41, 5.74) is 7.94. The van der Waals surface area contributed by atoms with Crippen molar-refractivity contribution in [2.24, 2.45) is 5.73 Å². The molecule has 0 aliphatic heterocycles. The van der Waals surface area contributed by atoms with Crippen LogP contribution in [-0.2, 0) is 4.79 Å². The summed E-state index contributed by atoms with van der Waals surface area (Å²) >= 11 is 0. The molecule has 0 heterocycles. The van der Waals surface area contributed by atoms with Gasteiger partial charge in [-0.15, -0.1) is 0 Å². The number of carbonyl (C=O) groups is 1. The molecule has 0 saturated carbocycles. The number of carbonyl (C=O) groups excluding carboxylic acids is 1. The molecule has 112 valence electrons. The summed E-state index contributed by atoms with van der Waals surface area (Å²) in [6.45, 7) is 9.66. The minimum absolute atomic E-state index is 0.100. The lowest BCUT2D eigenvalue weighted by Crippen LogP contribution is -2.41. The molecule has 0 spiro atoms. The lowest BCUT2D eigenvalue weighted by molar-refractivity contribution is -0.127. The van der Waals surface area contributed by atoms with E-state index in [2.05, 4.69) is 5.32 Å². The van der Waals surface area contributed by atoms with Gasteiger partial charge in [-0.25, -0.2) is 0 Å². The Kier molecular flexibility index (Phi) is 6.02. The van der Waals surface area contributed by atoms with Crippen LogP contribution in [0.5, 0.6) is 5.75 Å². The van der Waals surface area contributed by atoms with Gasteiger partial charge in [0, 0.05) is 17.6 Å². The van der Waals surface area contributed by atoms with Crippen LogP contribution in [0.25, 0.3) is 0 Å². The Balaban J connectivity index is 2.81. The number of nitrogens with two attached hydrogens (primary N) is 1. The van der Waals surface area contributed by atoms with Gasteiger partial charge in [0.25, 0.3) is 5.91 Å². The molecule has 1 amide bonds. The quantitative estimate of drug-likeness (QED) is 0.841. The fourth-order valence-electron chi connectivity index (χ4n) is 1.83. The molecule has 0 fully saturated rings. The Morgan fingerprint density at radius 1 is 1.35 bits per heavy atom. The average Bonchev–Trinajstić information content (AvgIpc) is 2.38. The highest BCUT2D eigenvalue weighted by atomic mass is 16.5. The van der Waals surface area contributed by atoms with Gasteiger partial charge >= 0.3 is 0 Å². The number of benzene rings is 1. The molecule has 3 unspecified atom stereocenters. The van der Waals surface area contributed by atoms with Gasteiger partial charge in [0.05, 0.1) is 0 Å². The lowest BCUT2D eigenvalue weighted by atomic mass is 10.1. The summed E-state index contributed by atoms with van der Waals surface area (Å²) in [6, 6.07) is 5.89. The van der Waals surface area contributed by atoms with Crippen LogP contribution in [0.2, 0.25) is 0 Å². The molecule has 20 heavy (non-hydrogen) atoms. The molecule has 0 aromatic heterocycles. The number of rotatable bonds is 6. The number of aryl methyl sites for hydroxylation is 1. The van der Waals surface area contributed by atoms with Crippen molar-refractivity contribution in [2.75, 3.05) is 0 Å². The van der Waals surface area contributed by atoms with Crippen LogP contribution >= 0.6 is 0 Å². The predicted molar refractivity (Wildman–Crippen MR) is 81.8 cm³/mol. The average molecular weight is 278 g/mol. The maximum absolute atomic E-state index is 12.0. The van der Waals surface area contributed by atoms with Gasteiger partial charge in [-0.05, 0) is 45.7 Å². The van der Waals surface area contributed by atoms with Crippen molar-refractivity contribution in [3.63, 3.8) is 0 Å². The van der Waals surface area contributed by atoms with Crippen molar-refractivity contribution in [3.05, 3.63) is 29.3 Å². The molecule has 3 N–H and O–H groups in total. The van der Waals surface area contributed by atoms with E-state index >= 15 is 0 Å². The standard InChI is InChI=1S/C16H26N2O2/c1-6-11(3)18-16(19)13(5)20-15-9-10(2)7-8-14(15)12(4)17/h7-9,11-13H,6,17H2,1-5H3,(H,18,19). The molecule has 0 aliphatic carbocycles. The SMILES string of the molecule is CCC(C)NC(=O)C(C)Oc1cc(C)ccc1C(C)N. The summed E-state index contributed by atoms with van der Waals surface area (Å²) in [4.78, 5) is 12.0. The topological polar surface area (TPSA) is 64.3 Å². The van der Waals surface area contributed by atoms with Gasteiger partial charge in [-0.2, -0.15) is 0 Å². The summed E-state index contributed by atoms with van der Waals surface area (Å²) in [6.07, 6.45) is 0.358. The fourth-order valence-corrected chi connectivity index (χ4v) is 1.83. The summed E-state index contributed by atoms with van der Waals surface area (Å²) in [7, 11) is 0. The van der Waals surface area contributed by atoms with Crippen LogP contribution in [0.4, 0.5) is 0 Å². The first-order valence-electron chi connectivity index (χ1n) is 7.18. The second kappa shape index (κ2) is 7.29. The van der Waals surface area contributed by atoms with Crippen molar-refractivity contribution in [3.8, 4) is 5.75 Å². The molecular formula is C16H26N2O2. The van der Waals surface area contributed by atoms with Crippen LogP contribution in [0.3, 0.4) is 0 Å². The monoisotopic (exact) mass is 278 g/mol. The highest BCUT2D eigenvalue weighted by molar-refractivity contribution is 5.81. The summed E-state index contributed by atoms with van der Waals surface area (Å²) in [5.74, 6) is 0.586. The van der Waals surface area contributed by atoms with E-state index in [-0.39, 0.29) is 18.0 Å². The minimum Gasteiger partial charge on any atom is -0.481 e. The zero-order valence-corrected chi connectivity index (χ0v) is 13.1. The summed E-state index contributed by atoms with van der Waals surface area (Å²) in [5, 5.41) is 2.92. The molecule has 1 rings (SSSR count). The second-order valence-electron chi connectivity index (χ2n) is 5.41. The number of nitrogens with one attached hydrogen (secondary N) is 1. The van der Waals surface area contributed by atoms with Gasteiger partial charge in [0.2, 0.25) is 0 Å². The number of amides is 1. The van der Waals surface area contributed by atoms with E-state index in [4.69, 9.17) is 10.5 Å². The highest BCUT2D eigenvalue weighted by Crippen LogP contribution is 2.26. The van der Waals surface area contributed by atoms with E-state index in [9.17, 15) is 4.79 Å². The number of ether oxygens (including phenoxy) is 1. The molecular weight excluding hydrogens is 252 g/mol. The van der Waals surface area contributed by atoms with E-state index in [1.165, 1.54) is 0 Å². The van der Waals surface area contributed by atoms with E-state index in [1.807, 2.05) is 45.9 Å². The van der Waals surface area contributed by atoms with Gasteiger partial charge in [-0.3, -0.25) is 4.79 Å². The molecule has 4 nitrogen and oxygen atoms in total. The Bertz CT molecular complexity index is 458. The third kappa shape index (κ3) is 4.53. The van der Waals surface area contributed by atoms with Gasteiger partial charge in [0.15, 0.2) is 6.10 Å². The van der Waals surface area contributed by atoms with Crippen LogP contribution in [0, 0.1) is 6.92 Å². The third-order valence-electron chi connectivity index (χ3n) is 3.33. The van der Waals surface area contributed by atoms with Crippen molar-refractivity contribution >= 4 is 5.91 Å². The first kappa shape index (κ1) is 16.5. The van der Waals surface area contributed by atoms with E-state index in [1.54, 1.807) is 6.92 Å². The Morgan fingerprint density at radius 2 is 2.00 bits per heavy atom. The second-order valence-corrected chi connectivity index (χ2v) is 5.41. The highest BCUT2D eigenvalue weighted by Gasteiger charge is 2.18. The molecule has 0 radical (unpaired) electrons. The molecule has 4 heteroatoms. The normalized spacial score (nSPS) is 15.3.